The molecule has 0 bridgehead atoms. The number of allylic oxidation sites excluding steroid dienone is 4. The summed E-state index contributed by atoms with van der Waals surface area (Å²) in [5.74, 6) is 0.231. The summed E-state index contributed by atoms with van der Waals surface area (Å²) in [7, 11) is 0. The van der Waals surface area contributed by atoms with Gasteiger partial charge in [0.05, 0.1) is 11.7 Å². The zero-order chi connectivity index (χ0) is 14.9. The van der Waals surface area contributed by atoms with E-state index in [2.05, 4.69) is 35.7 Å². The molecule has 2 heterocycles. The summed E-state index contributed by atoms with van der Waals surface area (Å²) in [6.45, 7) is 0.956. The number of benzene rings is 1. The van der Waals surface area contributed by atoms with E-state index in [0.29, 0.717) is 0 Å². The molecule has 2 aliphatic heterocycles. The van der Waals surface area contributed by atoms with Gasteiger partial charge in [-0.05, 0) is 62.3 Å². The number of amides is 1. The van der Waals surface area contributed by atoms with Crippen LogP contribution in [0.25, 0.3) is 0 Å². The van der Waals surface area contributed by atoms with Crippen molar-refractivity contribution < 1.29 is 4.79 Å². The van der Waals surface area contributed by atoms with Crippen molar-refractivity contribution in [3.63, 3.8) is 0 Å². The van der Waals surface area contributed by atoms with Crippen molar-refractivity contribution in [1.29, 1.82) is 0 Å². The maximum atomic E-state index is 13.2. The lowest BCUT2D eigenvalue weighted by atomic mass is 9.98. The number of carbonyl (C=O) groups is 1. The Morgan fingerprint density at radius 1 is 1.18 bits per heavy atom. The minimum Gasteiger partial charge on any atom is -0.306 e. The molecule has 3 nitrogen and oxygen atoms in total. The molecule has 22 heavy (non-hydrogen) atoms. The summed E-state index contributed by atoms with van der Waals surface area (Å²) < 4.78 is 0. The van der Waals surface area contributed by atoms with E-state index in [-0.39, 0.29) is 11.9 Å². The molecule has 1 aromatic rings. The lowest BCUT2D eigenvalue weighted by Crippen LogP contribution is -2.43. The molecule has 1 fully saturated rings. The van der Waals surface area contributed by atoms with Crippen LogP contribution in [0.4, 0.5) is 5.69 Å². The number of nitrogens with zero attached hydrogens (tertiary/aromatic N) is 1. The van der Waals surface area contributed by atoms with Crippen LogP contribution in [0.3, 0.4) is 0 Å². The van der Waals surface area contributed by atoms with Gasteiger partial charge in [0.15, 0.2) is 0 Å². The number of rotatable bonds is 1. The SMILES string of the molecule is O=C(C1CCCN1)N1C2=C(C=CCC2)CCc2ccccc21. The zero-order valence-corrected chi connectivity index (χ0v) is 12.8. The standard InChI is InChI=1S/C19H22N2O/c22-19(16-8-5-13-20-16)21-17-9-3-1-6-14(17)11-12-15-7-2-4-10-18(15)21/h1-3,6-7,9,16,20H,4-5,8,10-13H2. The molecule has 1 N–H and O–H groups in total. The molecule has 1 saturated heterocycles. The number of aryl methyl sites for hydroxylation is 1. The van der Waals surface area contributed by atoms with Crippen LogP contribution in [0.2, 0.25) is 0 Å². The van der Waals surface area contributed by atoms with Crippen molar-refractivity contribution >= 4 is 11.6 Å². The third-order valence-electron chi connectivity index (χ3n) is 4.98. The minimum absolute atomic E-state index is 0.0224. The van der Waals surface area contributed by atoms with Crippen LogP contribution in [0.5, 0.6) is 0 Å². The molecular formula is C19H22N2O. The highest BCUT2D eigenvalue weighted by Crippen LogP contribution is 2.37. The number of hydrogen-bond acceptors (Lipinski definition) is 2. The molecule has 3 aliphatic rings. The molecule has 3 heteroatoms. The molecule has 1 aromatic carbocycles. The summed E-state index contributed by atoms with van der Waals surface area (Å²) in [4.78, 5) is 15.2. The van der Waals surface area contributed by atoms with Gasteiger partial charge in [-0.3, -0.25) is 9.69 Å². The van der Waals surface area contributed by atoms with Crippen molar-refractivity contribution in [3.05, 3.63) is 53.3 Å². The largest absolute Gasteiger partial charge is 0.306 e. The van der Waals surface area contributed by atoms with E-state index in [1.807, 2.05) is 11.0 Å². The number of nitrogens with one attached hydrogen (secondary N) is 1. The van der Waals surface area contributed by atoms with Gasteiger partial charge in [0.1, 0.15) is 0 Å². The molecule has 4 rings (SSSR count). The molecule has 0 aromatic heterocycles. The second-order valence-corrected chi connectivity index (χ2v) is 6.36. The van der Waals surface area contributed by atoms with E-state index in [4.69, 9.17) is 0 Å². The van der Waals surface area contributed by atoms with Gasteiger partial charge in [0, 0.05) is 5.70 Å². The molecule has 0 spiro atoms. The van der Waals surface area contributed by atoms with Crippen molar-refractivity contribution in [2.24, 2.45) is 0 Å². The molecule has 0 radical (unpaired) electrons. The highest BCUT2D eigenvalue weighted by molar-refractivity contribution is 6.01. The van der Waals surface area contributed by atoms with Crippen LogP contribution >= 0.6 is 0 Å². The fraction of sp³-hybridized carbons (Fsp3) is 0.421. The number of carbonyl (C=O) groups excluding carboxylic acids is 1. The predicted octanol–water partition coefficient (Wildman–Crippen LogP) is 3.32. The van der Waals surface area contributed by atoms with Gasteiger partial charge >= 0.3 is 0 Å². The van der Waals surface area contributed by atoms with Gasteiger partial charge in [0.25, 0.3) is 0 Å². The molecule has 1 unspecified atom stereocenters. The Bertz CT molecular complexity index is 653. The highest BCUT2D eigenvalue weighted by atomic mass is 16.2. The van der Waals surface area contributed by atoms with Crippen molar-refractivity contribution in [2.45, 2.75) is 44.6 Å². The number of para-hydroxylation sites is 1. The molecule has 1 atom stereocenters. The first-order valence-corrected chi connectivity index (χ1v) is 8.38. The third-order valence-corrected chi connectivity index (χ3v) is 4.98. The van der Waals surface area contributed by atoms with E-state index in [1.54, 1.807) is 0 Å². The first-order chi connectivity index (χ1) is 10.8. The van der Waals surface area contributed by atoms with Crippen LogP contribution in [-0.4, -0.2) is 18.5 Å². The van der Waals surface area contributed by atoms with Crippen LogP contribution < -0.4 is 10.2 Å². The molecular weight excluding hydrogens is 272 g/mol. The highest BCUT2D eigenvalue weighted by Gasteiger charge is 2.33. The van der Waals surface area contributed by atoms with E-state index < -0.39 is 0 Å². The minimum atomic E-state index is -0.0224. The quantitative estimate of drug-likeness (QED) is 0.861. The average molecular weight is 294 g/mol. The fourth-order valence-electron chi connectivity index (χ4n) is 3.84. The summed E-state index contributed by atoms with van der Waals surface area (Å²) >= 11 is 0. The number of anilines is 1. The van der Waals surface area contributed by atoms with Crippen LogP contribution in [0.15, 0.2) is 47.7 Å². The normalized spacial score (nSPS) is 24.0. The lowest BCUT2D eigenvalue weighted by Gasteiger charge is -2.30. The molecule has 114 valence electrons. The Balaban J connectivity index is 1.81. The van der Waals surface area contributed by atoms with Gasteiger partial charge in [-0.1, -0.05) is 30.4 Å². The monoisotopic (exact) mass is 294 g/mol. The Kier molecular flexibility index (Phi) is 3.59. The summed E-state index contributed by atoms with van der Waals surface area (Å²) in [5, 5.41) is 3.37. The topological polar surface area (TPSA) is 32.3 Å². The zero-order valence-electron chi connectivity index (χ0n) is 12.8. The number of fused-ring (bicyclic) bond motifs is 1. The van der Waals surface area contributed by atoms with E-state index in [0.717, 1.165) is 50.8 Å². The Hall–Kier alpha value is -1.87. The van der Waals surface area contributed by atoms with Gasteiger partial charge < -0.3 is 5.32 Å². The Morgan fingerprint density at radius 2 is 2.09 bits per heavy atom. The maximum absolute atomic E-state index is 13.2. The van der Waals surface area contributed by atoms with Gasteiger partial charge in [-0.2, -0.15) is 0 Å². The van der Waals surface area contributed by atoms with Gasteiger partial charge in [-0.15, -0.1) is 0 Å². The second kappa shape index (κ2) is 5.73. The summed E-state index contributed by atoms with van der Waals surface area (Å²) in [6, 6.07) is 8.38. The molecule has 1 amide bonds. The van der Waals surface area contributed by atoms with Crippen molar-refractivity contribution in [2.75, 3.05) is 11.4 Å². The average Bonchev–Trinajstić information content (AvgIpc) is 3.04. The number of hydrogen-bond donors (Lipinski definition) is 1. The van der Waals surface area contributed by atoms with Crippen LogP contribution in [0.1, 0.15) is 37.7 Å². The van der Waals surface area contributed by atoms with E-state index in [1.165, 1.54) is 16.8 Å². The molecule has 1 aliphatic carbocycles. The van der Waals surface area contributed by atoms with Crippen LogP contribution in [-0.2, 0) is 11.2 Å². The second-order valence-electron chi connectivity index (χ2n) is 6.36. The van der Waals surface area contributed by atoms with Crippen molar-refractivity contribution in [1.82, 2.24) is 5.32 Å². The summed E-state index contributed by atoms with van der Waals surface area (Å²) in [6.07, 6.45) is 10.6. The van der Waals surface area contributed by atoms with Gasteiger partial charge in [-0.25, -0.2) is 0 Å². The first-order valence-electron chi connectivity index (χ1n) is 8.38. The van der Waals surface area contributed by atoms with Gasteiger partial charge in [0.2, 0.25) is 5.91 Å². The molecule has 0 saturated carbocycles. The predicted molar refractivity (Wildman–Crippen MR) is 88.7 cm³/mol. The Labute approximate surface area is 131 Å². The smallest absolute Gasteiger partial charge is 0.248 e. The summed E-state index contributed by atoms with van der Waals surface area (Å²) in [5.41, 5.74) is 4.96. The third kappa shape index (κ3) is 2.30. The fourth-order valence-corrected chi connectivity index (χ4v) is 3.84. The van der Waals surface area contributed by atoms with E-state index >= 15 is 0 Å². The first kappa shape index (κ1) is 13.8. The van der Waals surface area contributed by atoms with Crippen LogP contribution in [0, 0.1) is 0 Å². The van der Waals surface area contributed by atoms with E-state index in [9.17, 15) is 4.79 Å². The lowest BCUT2D eigenvalue weighted by molar-refractivity contribution is -0.119. The Morgan fingerprint density at radius 3 is 2.95 bits per heavy atom. The van der Waals surface area contributed by atoms with Crippen molar-refractivity contribution in [3.8, 4) is 0 Å². The maximum Gasteiger partial charge on any atom is 0.248 e.